The van der Waals surface area contributed by atoms with Crippen molar-refractivity contribution in [2.45, 2.75) is 18.0 Å². The van der Waals surface area contributed by atoms with E-state index in [0.717, 1.165) is 16.3 Å². The molecule has 0 bridgehead atoms. The molecule has 0 aliphatic heterocycles. The number of sulfonamides is 1. The molecule has 0 radical (unpaired) electrons. The van der Waals surface area contributed by atoms with E-state index in [9.17, 15) is 21.6 Å². The van der Waals surface area contributed by atoms with Crippen LogP contribution < -0.4 is 56.5 Å². The van der Waals surface area contributed by atoms with Gasteiger partial charge in [0.25, 0.3) is 0 Å². The van der Waals surface area contributed by atoms with Gasteiger partial charge in [-0.3, -0.25) is 0 Å². The fraction of sp³-hybridized carbons (Fsp3) is 0.118. The number of nitrogens with two attached hydrogens (primary N) is 1. The van der Waals surface area contributed by atoms with Crippen LogP contribution in [0.15, 0.2) is 59.5 Å². The van der Waals surface area contributed by atoms with Gasteiger partial charge in [0.2, 0.25) is 10.0 Å². The molecular weight excluding hydrogens is 406 g/mol. The second-order valence-corrected chi connectivity index (χ2v) is 7.29. The Hall–Kier alpha value is -1.01. The van der Waals surface area contributed by atoms with Crippen LogP contribution in [-0.4, -0.2) is 18.2 Å². The average molecular weight is 421 g/mol. The summed E-state index contributed by atoms with van der Waals surface area (Å²) in [7, 11) is -3.90. The second kappa shape index (κ2) is 8.15. The van der Waals surface area contributed by atoms with E-state index in [-0.39, 0.29) is 69.1 Å². The first kappa shape index (κ1) is 22.3. The number of rotatable bonds is 3. The van der Waals surface area contributed by atoms with Crippen LogP contribution in [0.1, 0.15) is 12.7 Å². The molecule has 2 N–H and O–H groups in total. The molecule has 0 unspecified atom stereocenters. The maximum absolute atomic E-state index is 13.1. The standard InChI is InChI=1S/C17H14F3N3O2S.K.H/c1-11-2-4-12(5-3-11)15-10-16(17(18,19)20)22-23(15)13-6-8-14(9-7-13)26(21,24)25;;/h2-10H,1H3,(H2,21,24,25);;/q;+1;-1. The van der Waals surface area contributed by atoms with Gasteiger partial charge >= 0.3 is 57.6 Å². The van der Waals surface area contributed by atoms with Crippen molar-refractivity contribution in [3.8, 4) is 16.9 Å². The fourth-order valence-corrected chi connectivity index (χ4v) is 2.94. The summed E-state index contributed by atoms with van der Waals surface area (Å²) >= 11 is 0. The van der Waals surface area contributed by atoms with Crippen molar-refractivity contribution < 1.29 is 74.4 Å². The molecule has 27 heavy (non-hydrogen) atoms. The van der Waals surface area contributed by atoms with Crippen LogP contribution in [0.25, 0.3) is 16.9 Å². The van der Waals surface area contributed by atoms with E-state index in [1.165, 1.54) is 24.3 Å². The zero-order valence-corrected chi connectivity index (χ0v) is 18.5. The number of hydrogen-bond donors (Lipinski definition) is 1. The molecule has 10 heteroatoms. The molecule has 0 amide bonds. The first-order valence-corrected chi connectivity index (χ1v) is 8.98. The van der Waals surface area contributed by atoms with Gasteiger partial charge in [-0.05, 0) is 37.3 Å². The summed E-state index contributed by atoms with van der Waals surface area (Å²) in [5, 5.41) is 8.70. The maximum atomic E-state index is 13.1. The van der Waals surface area contributed by atoms with Crippen LogP contribution in [0.5, 0.6) is 0 Å². The SMILES string of the molecule is Cc1ccc(-c2cc(C(F)(F)F)nn2-c2ccc(S(N)(=O)=O)cc2)cc1.[H-].[K+]. The monoisotopic (exact) mass is 421 g/mol. The number of benzene rings is 2. The van der Waals surface area contributed by atoms with Crippen molar-refractivity contribution in [1.82, 2.24) is 9.78 Å². The minimum Gasteiger partial charge on any atom is -1.00 e. The molecule has 0 saturated carbocycles. The molecule has 1 heterocycles. The van der Waals surface area contributed by atoms with Gasteiger partial charge in [0, 0.05) is 5.56 Å². The van der Waals surface area contributed by atoms with Gasteiger partial charge in [-0.2, -0.15) is 18.3 Å². The Balaban J connectivity index is 0.00000196. The minimum atomic E-state index is -4.61. The van der Waals surface area contributed by atoms with Gasteiger partial charge in [0.05, 0.1) is 16.3 Å². The third kappa shape index (κ3) is 5.08. The summed E-state index contributed by atoms with van der Waals surface area (Å²) in [6.45, 7) is 1.87. The number of hydrogen-bond acceptors (Lipinski definition) is 3. The van der Waals surface area contributed by atoms with Crippen LogP contribution in [0.2, 0.25) is 0 Å². The summed E-state index contributed by atoms with van der Waals surface area (Å²) in [6.07, 6.45) is -4.61. The Labute approximate surface area is 198 Å². The van der Waals surface area contributed by atoms with Crippen LogP contribution in [-0.2, 0) is 16.2 Å². The molecule has 1 aromatic heterocycles. The Morgan fingerprint density at radius 2 is 1.59 bits per heavy atom. The molecule has 2 aromatic carbocycles. The molecule has 0 fully saturated rings. The summed E-state index contributed by atoms with van der Waals surface area (Å²) in [5.74, 6) is 0. The predicted molar refractivity (Wildman–Crippen MR) is 91.2 cm³/mol. The van der Waals surface area contributed by atoms with Crippen molar-refractivity contribution in [3.63, 3.8) is 0 Å². The number of alkyl halides is 3. The molecule has 0 saturated heterocycles. The quantitative estimate of drug-likeness (QED) is 0.631. The number of aromatic nitrogens is 2. The number of nitrogens with zero attached hydrogens (tertiary/aromatic N) is 2. The maximum Gasteiger partial charge on any atom is 1.00 e. The van der Waals surface area contributed by atoms with Gasteiger partial charge < -0.3 is 1.43 Å². The molecule has 138 valence electrons. The van der Waals surface area contributed by atoms with Crippen LogP contribution >= 0.6 is 0 Å². The van der Waals surface area contributed by atoms with Gasteiger partial charge in [0.1, 0.15) is 0 Å². The molecule has 3 aromatic rings. The van der Waals surface area contributed by atoms with E-state index >= 15 is 0 Å². The van der Waals surface area contributed by atoms with Gasteiger partial charge in [-0.25, -0.2) is 18.2 Å². The zero-order valence-electron chi connectivity index (χ0n) is 15.5. The van der Waals surface area contributed by atoms with E-state index in [1.54, 1.807) is 24.3 Å². The van der Waals surface area contributed by atoms with Crippen LogP contribution in [0.4, 0.5) is 13.2 Å². The topological polar surface area (TPSA) is 78.0 Å². The molecular formula is C17H15F3KN3O2S. The normalized spacial score (nSPS) is 11.9. The number of halogens is 3. The van der Waals surface area contributed by atoms with E-state index < -0.39 is 21.9 Å². The number of primary sulfonamides is 1. The first-order chi connectivity index (χ1) is 12.1. The van der Waals surface area contributed by atoms with Crippen molar-refractivity contribution in [3.05, 3.63) is 65.9 Å². The third-order valence-electron chi connectivity index (χ3n) is 3.76. The molecule has 0 aliphatic rings. The molecule has 0 aliphatic carbocycles. The minimum absolute atomic E-state index is 0. The van der Waals surface area contributed by atoms with E-state index in [2.05, 4.69) is 5.10 Å². The van der Waals surface area contributed by atoms with Crippen molar-refractivity contribution in [2.24, 2.45) is 5.14 Å². The van der Waals surface area contributed by atoms with Crippen molar-refractivity contribution >= 4 is 10.0 Å². The number of aryl methyl sites for hydroxylation is 1. The third-order valence-corrected chi connectivity index (χ3v) is 4.69. The van der Waals surface area contributed by atoms with Gasteiger partial charge in [-0.1, -0.05) is 29.8 Å². The fourth-order valence-electron chi connectivity index (χ4n) is 2.42. The Kier molecular flexibility index (Phi) is 6.73. The Bertz CT molecular complexity index is 1050. The van der Waals surface area contributed by atoms with Gasteiger partial charge in [-0.15, -0.1) is 0 Å². The van der Waals surface area contributed by atoms with Crippen molar-refractivity contribution in [1.29, 1.82) is 0 Å². The molecule has 5 nitrogen and oxygen atoms in total. The Morgan fingerprint density at radius 3 is 2.07 bits per heavy atom. The zero-order chi connectivity index (χ0) is 19.1. The second-order valence-electron chi connectivity index (χ2n) is 5.73. The van der Waals surface area contributed by atoms with Crippen LogP contribution in [0.3, 0.4) is 0 Å². The molecule has 0 atom stereocenters. The summed E-state index contributed by atoms with van der Waals surface area (Å²) < 4.78 is 63.2. The van der Waals surface area contributed by atoms with Crippen LogP contribution in [0, 0.1) is 6.92 Å². The van der Waals surface area contributed by atoms with Gasteiger partial charge in [0.15, 0.2) is 5.69 Å². The summed E-state index contributed by atoms with van der Waals surface area (Å²) in [5.41, 5.74) is 0.996. The van der Waals surface area contributed by atoms with E-state index in [1.807, 2.05) is 6.92 Å². The smallest absolute Gasteiger partial charge is 1.00 e. The average Bonchev–Trinajstić information content (AvgIpc) is 3.00. The summed E-state index contributed by atoms with van der Waals surface area (Å²) in [4.78, 5) is -0.138. The molecule has 0 spiro atoms. The van der Waals surface area contributed by atoms with E-state index in [0.29, 0.717) is 5.56 Å². The first-order valence-electron chi connectivity index (χ1n) is 7.43. The Morgan fingerprint density at radius 1 is 1.04 bits per heavy atom. The predicted octanol–water partition coefficient (Wildman–Crippen LogP) is 0.630. The summed E-state index contributed by atoms with van der Waals surface area (Å²) in [6, 6.07) is 13.1. The molecule has 3 rings (SSSR count). The van der Waals surface area contributed by atoms with E-state index in [4.69, 9.17) is 5.14 Å². The largest absolute Gasteiger partial charge is 1.00 e. The van der Waals surface area contributed by atoms with Crippen molar-refractivity contribution in [2.75, 3.05) is 0 Å².